The lowest BCUT2D eigenvalue weighted by molar-refractivity contribution is 0.260. The van der Waals surface area contributed by atoms with Gasteiger partial charge in [-0.2, -0.15) is 0 Å². The van der Waals surface area contributed by atoms with Crippen LogP contribution in [0.1, 0.15) is 30.7 Å². The van der Waals surface area contributed by atoms with Crippen LogP contribution in [0.2, 0.25) is 0 Å². The lowest BCUT2D eigenvalue weighted by atomic mass is 9.92. The molecule has 2 aliphatic rings. The molecule has 0 spiro atoms. The van der Waals surface area contributed by atoms with Gasteiger partial charge in [0.15, 0.2) is 5.13 Å². The monoisotopic (exact) mass is 329 g/mol. The number of nitrogens with one attached hydrogen (secondary N) is 1. The third-order valence-electron chi connectivity index (χ3n) is 4.92. The van der Waals surface area contributed by atoms with Gasteiger partial charge in [-0.15, -0.1) is 11.3 Å². The molecule has 1 saturated heterocycles. The van der Waals surface area contributed by atoms with Crippen LogP contribution in [0.5, 0.6) is 5.75 Å². The van der Waals surface area contributed by atoms with E-state index in [1.54, 1.807) is 11.3 Å². The zero-order valence-corrected chi connectivity index (χ0v) is 14.1. The van der Waals surface area contributed by atoms with Gasteiger partial charge in [0.1, 0.15) is 5.75 Å². The van der Waals surface area contributed by atoms with Crippen LogP contribution in [0.4, 0.5) is 5.13 Å². The summed E-state index contributed by atoms with van der Waals surface area (Å²) in [5.74, 6) is 1.65. The summed E-state index contributed by atoms with van der Waals surface area (Å²) >= 11 is 1.74. The van der Waals surface area contributed by atoms with Crippen molar-refractivity contribution in [1.29, 1.82) is 0 Å². The summed E-state index contributed by atoms with van der Waals surface area (Å²) in [4.78, 5) is 6.83. The average Bonchev–Trinajstić information content (AvgIpc) is 3.15. The number of para-hydroxylation sites is 1. The van der Waals surface area contributed by atoms with Gasteiger partial charge >= 0.3 is 0 Å². The molecule has 5 heteroatoms. The minimum atomic E-state index is 0.581. The van der Waals surface area contributed by atoms with Crippen molar-refractivity contribution in [2.45, 2.75) is 31.2 Å². The SMILES string of the molecule is c1ccc2c(c1)OCC[C@H]2CNC1CCN(c2nccs2)CC1. The highest BCUT2D eigenvalue weighted by Gasteiger charge is 2.24. The Morgan fingerprint density at radius 1 is 1.22 bits per heavy atom. The summed E-state index contributed by atoms with van der Waals surface area (Å²) in [5.41, 5.74) is 1.37. The van der Waals surface area contributed by atoms with E-state index in [4.69, 9.17) is 4.74 Å². The van der Waals surface area contributed by atoms with Gasteiger partial charge in [-0.25, -0.2) is 4.98 Å². The van der Waals surface area contributed by atoms with Crippen molar-refractivity contribution in [2.24, 2.45) is 0 Å². The Bertz CT molecular complexity index is 623. The molecule has 1 fully saturated rings. The van der Waals surface area contributed by atoms with Crippen LogP contribution in [0, 0.1) is 0 Å². The average molecular weight is 329 g/mol. The molecular formula is C18H23N3OS. The lowest BCUT2D eigenvalue weighted by Gasteiger charge is -2.34. The first-order valence-corrected chi connectivity index (χ1v) is 9.37. The zero-order chi connectivity index (χ0) is 15.5. The van der Waals surface area contributed by atoms with Gasteiger partial charge in [0.05, 0.1) is 6.61 Å². The third kappa shape index (κ3) is 3.35. The van der Waals surface area contributed by atoms with Crippen LogP contribution in [0.3, 0.4) is 0 Å². The van der Waals surface area contributed by atoms with E-state index in [0.29, 0.717) is 12.0 Å². The smallest absolute Gasteiger partial charge is 0.185 e. The van der Waals surface area contributed by atoms with E-state index in [1.807, 2.05) is 6.20 Å². The molecule has 0 amide bonds. The second kappa shape index (κ2) is 6.89. The number of rotatable bonds is 4. The molecular weight excluding hydrogens is 306 g/mol. The first-order valence-electron chi connectivity index (χ1n) is 8.50. The Labute approximate surface area is 141 Å². The largest absolute Gasteiger partial charge is 0.493 e. The zero-order valence-electron chi connectivity index (χ0n) is 13.3. The molecule has 1 aromatic heterocycles. The van der Waals surface area contributed by atoms with Crippen molar-refractivity contribution in [2.75, 3.05) is 31.1 Å². The van der Waals surface area contributed by atoms with E-state index in [-0.39, 0.29) is 0 Å². The summed E-state index contributed by atoms with van der Waals surface area (Å²) in [5, 5.41) is 7.02. The van der Waals surface area contributed by atoms with Crippen molar-refractivity contribution in [3.8, 4) is 5.75 Å². The maximum atomic E-state index is 5.76. The maximum Gasteiger partial charge on any atom is 0.185 e. The molecule has 0 aliphatic carbocycles. The molecule has 2 aliphatic heterocycles. The van der Waals surface area contributed by atoms with Crippen LogP contribution in [-0.4, -0.2) is 37.3 Å². The molecule has 122 valence electrons. The van der Waals surface area contributed by atoms with Crippen LogP contribution in [0.15, 0.2) is 35.8 Å². The number of hydrogen-bond acceptors (Lipinski definition) is 5. The number of fused-ring (bicyclic) bond motifs is 1. The maximum absolute atomic E-state index is 5.76. The molecule has 23 heavy (non-hydrogen) atoms. The molecule has 0 bridgehead atoms. The van der Waals surface area contributed by atoms with E-state index in [9.17, 15) is 0 Å². The van der Waals surface area contributed by atoms with E-state index in [1.165, 1.54) is 23.5 Å². The van der Waals surface area contributed by atoms with E-state index in [0.717, 1.165) is 38.4 Å². The number of aromatic nitrogens is 1. The minimum absolute atomic E-state index is 0.581. The second-order valence-electron chi connectivity index (χ2n) is 6.36. The van der Waals surface area contributed by atoms with Gasteiger partial charge in [-0.1, -0.05) is 18.2 Å². The number of benzene rings is 1. The Balaban J connectivity index is 1.30. The van der Waals surface area contributed by atoms with Crippen molar-refractivity contribution >= 4 is 16.5 Å². The first-order chi connectivity index (χ1) is 11.4. The van der Waals surface area contributed by atoms with Gasteiger partial charge in [0.2, 0.25) is 0 Å². The van der Waals surface area contributed by atoms with E-state index >= 15 is 0 Å². The highest BCUT2D eigenvalue weighted by atomic mass is 32.1. The summed E-state index contributed by atoms with van der Waals surface area (Å²) in [6, 6.07) is 9.11. The van der Waals surface area contributed by atoms with Gasteiger partial charge in [0.25, 0.3) is 0 Å². The van der Waals surface area contributed by atoms with Crippen LogP contribution in [-0.2, 0) is 0 Å². The number of nitrogens with zero attached hydrogens (tertiary/aromatic N) is 2. The molecule has 4 rings (SSSR count). The van der Waals surface area contributed by atoms with Crippen LogP contribution >= 0.6 is 11.3 Å². The molecule has 0 unspecified atom stereocenters. The molecule has 1 atom stereocenters. The lowest BCUT2D eigenvalue weighted by Crippen LogP contribution is -2.44. The second-order valence-corrected chi connectivity index (χ2v) is 7.23. The Hall–Kier alpha value is -1.59. The predicted molar refractivity (Wildman–Crippen MR) is 94.6 cm³/mol. The Morgan fingerprint density at radius 2 is 2.09 bits per heavy atom. The fourth-order valence-electron chi connectivity index (χ4n) is 3.58. The van der Waals surface area contributed by atoms with E-state index < -0.39 is 0 Å². The summed E-state index contributed by atoms with van der Waals surface area (Å²) in [7, 11) is 0. The highest BCUT2D eigenvalue weighted by Crippen LogP contribution is 2.33. The molecule has 2 aromatic rings. The first kappa shape index (κ1) is 15.0. The quantitative estimate of drug-likeness (QED) is 0.934. The normalized spacial score (nSPS) is 21.7. The number of ether oxygens (including phenoxy) is 1. The number of thiazole rings is 1. The van der Waals surface area contributed by atoms with Crippen molar-refractivity contribution in [3.05, 3.63) is 41.4 Å². The molecule has 3 heterocycles. The van der Waals surface area contributed by atoms with Gasteiger partial charge in [-0.3, -0.25) is 0 Å². The van der Waals surface area contributed by atoms with E-state index in [2.05, 4.69) is 44.8 Å². The minimum Gasteiger partial charge on any atom is -0.493 e. The topological polar surface area (TPSA) is 37.4 Å². The molecule has 0 radical (unpaired) electrons. The van der Waals surface area contributed by atoms with Gasteiger partial charge in [-0.05, 0) is 30.9 Å². The van der Waals surface area contributed by atoms with Crippen molar-refractivity contribution in [3.63, 3.8) is 0 Å². The summed E-state index contributed by atoms with van der Waals surface area (Å²) in [6.45, 7) is 4.11. The fraction of sp³-hybridized carbons (Fsp3) is 0.500. The molecule has 4 nitrogen and oxygen atoms in total. The number of piperidine rings is 1. The number of anilines is 1. The van der Waals surface area contributed by atoms with Crippen LogP contribution < -0.4 is 15.0 Å². The Morgan fingerprint density at radius 3 is 2.91 bits per heavy atom. The van der Waals surface area contributed by atoms with Gasteiger partial charge in [0, 0.05) is 43.2 Å². The molecule has 1 aromatic carbocycles. The standard InChI is InChI=1S/C18H23N3OS/c1-2-4-17-16(3-1)14(7-11-22-17)13-20-15-5-9-21(10-6-15)18-19-8-12-23-18/h1-4,8,12,14-15,20H,5-7,9-11,13H2/t14-/m0/s1. The predicted octanol–water partition coefficient (Wildman–Crippen LogP) is 3.27. The summed E-state index contributed by atoms with van der Waals surface area (Å²) < 4.78 is 5.76. The molecule has 0 saturated carbocycles. The van der Waals surface area contributed by atoms with Crippen LogP contribution in [0.25, 0.3) is 0 Å². The van der Waals surface area contributed by atoms with Crippen molar-refractivity contribution < 1.29 is 4.74 Å². The van der Waals surface area contributed by atoms with Gasteiger partial charge < -0.3 is 15.0 Å². The highest BCUT2D eigenvalue weighted by molar-refractivity contribution is 7.13. The third-order valence-corrected chi connectivity index (χ3v) is 5.75. The summed E-state index contributed by atoms with van der Waals surface area (Å²) in [6.07, 6.45) is 5.41. The fourth-order valence-corrected chi connectivity index (χ4v) is 4.28. The number of hydrogen-bond donors (Lipinski definition) is 1. The molecule has 1 N–H and O–H groups in total. The van der Waals surface area contributed by atoms with Crippen molar-refractivity contribution in [1.82, 2.24) is 10.3 Å². The Kier molecular flexibility index (Phi) is 4.48.